The molecule has 0 radical (unpaired) electrons. The topological polar surface area (TPSA) is 23.8 Å². The summed E-state index contributed by atoms with van der Waals surface area (Å²) in [6, 6.07) is 17.6. The monoisotopic (exact) mass is 267 g/mol. The van der Waals surface area contributed by atoms with Gasteiger partial charge in [-0.1, -0.05) is 56.3 Å². The highest BCUT2D eigenvalue weighted by molar-refractivity contribution is 8.00. The van der Waals surface area contributed by atoms with Crippen molar-refractivity contribution in [2.24, 2.45) is 5.92 Å². The van der Waals surface area contributed by atoms with Crippen molar-refractivity contribution in [1.82, 2.24) is 0 Å². The molecular weight excluding hydrogens is 250 g/mol. The van der Waals surface area contributed by atoms with Crippen LogP contribution in [0.25, 0.3) is 10.8 Å². The fourth-order valence-electron chi connectivity index (χ4n) is 3.17. The molecule has 2 heteroatoms. The molecule has 1 fully saturated rings. The smallest absolute Gasteiger partial charge is 0.0674 e. The van der Waals surface area contributed by atoms with Crippen LogP contribution in [0.4, 0.5) is 0 Å². The van der Waals surface area contributed by atoms with E-state index in [2.05, 4.69) is 62.4 Å². The molecule has 0 aromatic heterocycles. The number of rotatable bonds is 1. The minimum absolute atomic E-state index is 0.126. The van der Waals surface area contributed by atoms with Gasteiger partial charge in [-0.3, -0.25) is 0 Å². The number of benzene rings is 2. The second kappa shape index (κ2) is 4.90. The van der Waals surface area contributed by atoms with Gasteiger partial charge in [0.25, 0.3) is 0 Å². The van der Waals surface area contributed by atoms with Crippen LogP contribution < -0.4 is 0 Å². The van der Waals surface area contributed by atoms with Crippen molar-refractivity contribution in [2.45, 2.75) is 30.3 Å². The first-order valence-corrected chi connectivity index (χ1v) is 7.69. The van der Waals surface area contributed by atoms with E-state index >= 15 is 0 Å². The van der Waals surface area contributed by atoms with Crippen LogP contribution in [0.1, 0.15) is 25.3 Å². The summed E-state index contributed by atoms with van der Waals surface area (Å²) in [6.07, 6.45) is 0. The van der Waals surface area contributed by atoms with Gasteiger partial charge in [-0.15, -0.1) is 0 Å². The maximum atomic E-state index is 9.44. The highest BCUT2D eigenvalue weighted by Gasteiger charge is 2.40. The van der Waals surface area contributed by atoms with Crippen molar-refractivity contribution < 1.29 is 0 Å². The van der Waals surface area contributed by atoms with Crippen LogP contribution in [0.2, 0.25) is 0 Å². The summed E-state index contributed by atoms with van der Waals surface area (Å²) in [5.74, 6) is 0.482. The number of nitrogens with zero attached hydrogens (tertiary/aromatic N) is 1. The number of fused-ring (bicyclic) bond motifs is 1. The van der Waals surface area contributed by atoms with Crippen molar-refractivity contribution in [3.63, 3.8) is 0 Å². The minimum atomic E-state index is 0.126. The van der Waals surface area contributed by atoms with Crippen molar-refractivity contribution in [2.75, 3.05) is 0 Å². The average molecular weight is 267 g/mol. The second-order valence-electron chi connectivity index (χ2n) is 5.33. The largest absolute Gasteiger partial charge is 0.198 e. The molecule has 1 heterocycles. The van der Waals surface area contributed by atoms with Gasteiger partial charge >= 0.3 is 0 Å². The Morgan fingerprint density at radius 2 is 1.74 bits per heavy atom. The van der Waals surface area contributed by atoms with E-state index < -0.39 is 0 Å². The molecule has 2 aromatic rings. The van der Waals surface area contributed by atoms with Crippen LogP contribution in [-0.4, -0.2) is 10.5 Å². The van der Waals surface area contributed by atoms with E-state index in [1.807, 2.05) is 11.8 Å². The van der Waals surface area contributed by atoms with E-state index in [1.54, 1.807) is 0 Å². The molecule has 4 atom stereocenters. The minimum Gasteiger partial charge on any atom is -0.198 e. The highest BCUT2D eigenvalue weighted by Crippen LogP contribution is 2.48. The Labute approximate surface area is 118 Å². The standard InChI is InChI=1S/C17H17NS/c1-11-16(10-18)17(12(2)19-11)15-8-7-13-5-3-4-6-14(13)9-15/h3-9,11-12,16-17H,1-2H3. The van der Waals surface area contributed by atoms with E-state index in [9.17, 15) is 5.26 Å². The Balaban J connectivity index is 2.06. The molecule has 19 heavy (non-hydrogen) atoms. The van der Waals surface area contributed by atoms with Crippen molar-refractivity contribution in [3.05, 3.63) is 48.0 Å². The van der Waals surface area contributed by atoms with E-state index in [4.69, 9.17) is 0 Å². The van der Waals surface area contributed by atoms with Crippen LogP contribution in [-0.2, 0) is 0 Å². The van der Waals surface area contributed by atoms with Crippen LogP contribution in [0.5, 0.6) is 0 Å². The van der Waals surface area contributed by atoms with Crippen molar-refractivity contribution in [1.29, 1.82) is 5.26 Å². The lowest BCUT2D eigenvalue weighted by Crippen LogP contribution is -2.16. The van der Waals surface area contributed by atoms with E-state index in [-0.39, 0.29) is 5.92 Å². The second-order valence-corrected chi connectivity index (χ2v) is 7.09. The Kier molecular flexibility index (Phi) is 3.24. The molecule has 1 aliphatic heterocycles. The maximum Gasteiger partial charge on any atom is 0.0674 e. The number of thioether (sulfide) groups is 1. The number of nitriles is 1. The molecule has 0 N–H and O–H groups in total. The van der Waals surface area contributed by atoms with Crippen LogP contribution in [0.15, 0.2) is 42.5 Å². The summed E-state index contributed by atoms with van der Waals surface area (Å²) in [7, 11) is 0. The Bertz CT molecular complexity index is 643. The zero-order chi connectivity index (χ0) is 13.4. The highest BCUT2D eigenvalue weighted by atomic mass is 32.2. The van der Waals surface area contributed by atoms with E-state index in [1.165, 1.54) is 16.3 Å². The molecule has 2 aromatic carbocycles. The van der Waals surface area contributed by atoms with Gasteiger partial charge in [-0.25, -0.2) is 0 Å². The molecule has 0 amide bonds. The molecule has 0 spiro atoms. The molecule has 0 bridgehead atoms. The third-order valence-corrected chi connectivity index (χ3v) is 5.58. The summed E-state index contributed by atoms with van der Waals surface area (Å²) in [4.78, 5) is 0. The summed E-state index contributed by atoms with van der Waals surface area (Å²) in [5.41, 5.74) is 1.31. The predicted octanol–water partition coefficient (Wildman–Crippen LogP) is 4.59. The first kappa shape index (κ1) is 12.6. The molecular formula is C17H17NS. The first-order chi connectivity index (χ1) is 9.20. The van der Waals surface area contributed by atoms with Crippen molar-refractivity contribution in [3.8, 4) is 6.07 Å². The predicted molar refractivity (Wildman–Crippen MR) is 82.3 cm³/mol. The Morgan fingerprint density at radius 1 is 1.00 bits per heavy atom. The summed E-state index contributed by atoms with van der Waals surface area (Å²) in [6.45, 7) is 4.43. The molecule has 0 saturated carbocycles. The van der Waals surface area contributed by atoms with Gasteiger partial charge in [0.2, 0.25) is 0 Å². The van der Waals surface area contributed by atoms with Crippen LogP contribution >= 0.6 is 11.8 Å². The Hall–Kier alpha value is -1.46. The quantitative estimate of drug-likeness (QED) is 0.754. The molecule has 1 aliphatic rings. The summed E-state index contributed by atoms with van der Waals surface area (Å²) < 4.78 is 0. The fraction of sp³-hybridized carbons (Fsp3) is 0.353. The molecule has 1 saturated heterocycles. The van der Waals surface area contributed by atoms with E-state index in [0.717, 1.165) is 0 Å². The van der Waals surface area contributed by atoms with Gasteiger partial charge in [0.05, 0.1) is 12.0 Å². The lowest BCUT2D eigenvalue weighted by atomic mass is 9.83. The molecule has 0 aliphatic carbocycles. The normalized spacial score (nSPS) is 30.4. The molecule has 4 unspecified atom stereocenters. The molecule has 1 nitrogen and oxygen atoms in total. The first-order valence-electron chi connectivity index (χ1n) is 6.74. The van der Waals surface area contributed by atoms with Crippen molar-refractivity contribution >= 4 is 22.5 Å². The Morgan fingerprint density at radius 3 is 2.47 bits per heavy atom. The van der Waals surface area contributed by atoms with Crippen LogP contribution in [0, 0.1) is 17.2 Å². The zero-order valence-electron chi connectivity index (χ0n) is 11.2. The maximum absolute atomic E-state index is 9.44. The number of hydrogen-bond donors (Lipinski definition) is 0. The lowest BCUT2D eigenvalue weighted by Gasteiger charge is -2.19. The van der Waals surface area contributed by atoms with Gasteiger partial charge in [-0.2, -0.15) is 17.0 Å². The van der Waals surface area contributed by atoms with Crippen LogP contribution in [0.3, 0.4) is 0 Å². The van der Waals surface area contributed by atoms with E-state index in [0.29, 0.717) is 16.4 Å². The zero-order valence-corrected chi connectivity index (χ0v) is 12.0. The fourth-order valence-corrected chi connectivity index (χ4v) is 4.74. The van der Waals surface area contributed by atoms with Gasteiger partial charge in [-0.05, 0) is 16.3 Å². The molecule has 3 rings (SSSR count). The van der Waals surface area contributed by atoms with Gasteiger partial charge in [0.1, 0.15) is 0 Å². The average Bonchev–Trinajstić information content (AvgIpc) is 2.72. The van der Waals surface area contributed by atoms with Gasteiger partial charge < -0.3 is 0 Å². The summed E-state index contributed by atoms with van der Waals surface area (Å²) >= 11 is 1.94. The molecule has 96 valence electrons. The number of hydrogen-bond acceptors (Lipinski definition) is 2. The summed E-state index contributed by atoms with van der Waals surface area (Å²) in [5, 5.41) is 12.9. The van der Waals surface area contributed by atoms with Gasteiger partial charge in [0, 0.05) is 16.4 Å². The SMILES string of the molecule is CC1SC(C)C(c2ccc3ccccc3c2)C1C#N. The third kappa shape index (κ3) is 2.13. The van der Waals surface area contributed by atoms with Gasteiger partial charge in [0.15, 0.2) is 0 Å². The lowest BCUT2D eigenvalue weighted by molar-refractivity contribution is 0.544. The third-order valence-electron chi connectivity index (χ3n) is 4.14.